The molecule has 17 heavy (non-hydrogen) atoms. The molecule has 2 nitrogen and oxygen atoms in total. The van der Waals surface area contributed by atoms with E-state index in [2.05, 4.69) is 0 Å². The Morgan fingerprint density at radius 2 is 1.47 bits per heavy atom. The van der Waals surface area contributed by atoms with Crippen molar-refractivity contribution in [1.82, 2.24) is 0 Å². The molecule has 0 spiro atoms. The zero-order valence-electron chi connectivity index (χ0n) is 10.6. The van der Waals surface area contributed by atoms with Gasteiger partial charge >= 0.3 is 0 Å². The van der Waals surface area contributed by atoms with Gasteiger partial charge in [-0.15, -0.1) is 0 Å². The normalized spacial score (nSPS) is 44.2. The van der Waals surface area contributed by atoms with Crippen molar-refractivity contribution in [2.45, 2.75) is 69.9 Å². The van der Waals surface area contributed by atoms with Crippen molar-refractivity contribution in [1.29, 1.82) is 0 Å². The first-order valence-electron chi connectivity index (χ1n) is 7.56. The summed E-state index contributed by atoms with van der Waals surface area (Å²) in [4.78, 5) is 10.2. The van der Waals surface area contributed by atoms with Gasteiger partial charge in [-0.1, -0.05) is 25.7 Å². The first-order valence-corrected chi connectivity index (χ1v) is 7.56. The quantitative estimate of drug-likeness (QED) is 0.609. The molecule has 0 radical (unpaired) electrons. The average molecular weight is 230 g/mol. The number of rotatable bonds is 0. The minimum Gasteiger partial charge on any atom is -0.282 e. The van der Waals surface area contributed by atoms with Gasteiger partial charge in [-0.3, -0.25) is 9.98 Å². The van der Waals surface area contributed by atoms with E-state index in [1.54, 1.807) is 0 Å². The fraction of sp³-hybridized carbons (Fsp3) is 0.867. The zero-order chi connectivity index (χ0) is 11.2. The van der Waals surface area contributed by atoms with Crippen LogP contribution in [-0.4, -0.2) is 23.5 Å². The standard InChI is InChI=1S/C15H22N2/c1-2-6-11-10(5-1)9-14-15(11)17-13-8-4-3-7-12(13)16-14/h10-13H,1-9H2. The van der Waals surface area contributed by atoms with Crippen LogP contribution in [0.25, 0.3) is 0 Å². The molecule has 0 saturated heterocycles. The van der Waals surface area contributed by atoms with Crippen LogP contribution < -0.4 is 0 Å². The molecule has 2 heteroatoms. The van der Waals surface area contributed by atoms with Crippen LogP contribution in [0, 0.1) is 11.8 Å². The molecule has 4 aliphatic rings. The topological polar surface area (TPSA) is 24.7 Å². The first-order chi connectivity index (χ1) is 8.42. The Balaban J connectivity index is 1.66. The third kappa shape index (κ3) is 1.60. The molecule has 0 aromatic carbocycles. The van der Waals surface area contributed by atoms with E-state index in [1.807, 2.05) is 0 Å². The lowest BCUT2D eigenvalue weighted by molar-refractivity contribution is 0.323. The van der Waals surface area contributed by atoms with E-state index in [9.17, 15) is 0 Å². The summed E-state index contributed by atoms with van der Waals surface area (Å²) in [6.07, 6.45) is 12.3. The summed E-state index contributed by atoms with van der Waals surface area (Å²) < 4.78 is 0. The van der Waals surface area contributed by atoms with Crippen LogP contribution in [0.3, 0.4) is 0 Å². The summed E-state index contributed by atoms with van der Waals surface area (Å²) in [5, 5.41) is 0. The summed E-state index contributed by atoms with van der Waals surface area (Å²) in [5.41, 5.74) is 2.88. The second kappa shape index (κ2) is 3.93. The van der Waals surface area contributed by atoms with E-state index in [-0.39, 0.29) is 0 Å². The van der Waals surface area contributed by atoms with Gasteiger partial charge in [0.1, 0.15) is 0 Å². The van der Waals surface area contributed by atoms with Gasteiger partial charge < -0.3 is 0 Å². The van der Waals surface area contributed by atoms with E-state index >= 15 is 0 Å². The van der Waals surface area contributed by atoms with Gasteiger partial charge in [0.15, 0.2) is 0 Å². The largest absolute Gasteiger partial charge is 0.282 e. The highest BCUT2D eigenvalue weighted by Crippen LogP contribution is 2.42. The maximum Gasteiger partial charge on any atom is 0.0727 e. The minimum absolute atomic E-state index is 0.558. The summed E-state index contributed by atoms with van der Waals surface area (Å²) in [7, 11) is 0. The van der Waals surface area contributed by atoms with E-state index in [0.29, 0.717) is 12.1 Å². The van der Waals surface area contributed by atoms with Crippen LogP contribution in [0.5, 0.6) is 0 Å². The van der Waals surface area contributed by atoms with E-state index in [1.165, 1.54) is 69.2 Å². The van der Waals surface area contributed by atoms with Crippen molar-refractivity contribution in [2.24, 2.45) is 21.8 Å². The van der Waals surface area contributed by atoms with Crippen LogP contribution in [0.2, 0.25) is 0 Å². The fourth-order valence-corrected chi connectivity index (χ4v) is 4.44. The monoisotopic (exact) mass is 230 g/mol. The zero-order valence-corrected chi connectivity index (χ0v) is 10.6. The van der Waals surface area contributed by atoms with Gasteiger partial charge in [-0.25, -0.2) is 0 Å². The first kappa shape index (κ1) is 10.3. The number of nitrogens with zero attached hydrogens (tertiary/aromatic N) is 2. The van der Waals surface area contributed by atoms with Crippen molar-refractivity contribution in [3.8, 4) is 0 Å². The Bertz CT molecular complexity index is 382. The molecule has 4 rings (SSSR count). The highest BCUT2D eigenvalue weighted by atomic mass is 15.0. The molecule has 92 valence electrons. The molecule has 3 saturated carbocycles. The molecule has 3 aliphatic carbocycles. The molecule has 0 aromatic heterocycles. The van der Waals surface area contributed by atoms with Crippen LogP contribution in [0.4, 0.5) is 0 Å². The van der Waals surface area contributed by atoms with Crippen LogP contribution in [0.15, 0.2) is 9.98 Å². The summed E-state index contributed by atoms with van der Waals surface area (Å²) in [6, 6.07) is 1.12. The predicted octanol–water partition coefficient (Wildman–Crippen LogP) is 3.40. The molecule has 0 bridgehead atoms. The van der Waals surface area contributed by atoms with E-state index < -0.39 is 0 Å². The molecule has 1 aliphatic heterocycles. The smallest absolute Gasteiger partial charge is 0.0727 e. The molecular weight excluding hydrogens is 208 g/mol. The minimum atomic E-state index is 0.558. The maximum absolute atomic E-state index is 5.14. The van der Waals surface area contributed by atoms with Crippen LogP contribution >= 0.6 is 0 Å². The van der Waals surface area contributed by atoms with Crippen molar-refractivity contribution in [3.63, 3.8) is 0 Å². The van der Waals surface area contributed by atoms with Crippen molar-refractivity contribution in [3.05, 3.63) is 0 Å². The van der Waals surface area contributed by atoms with Gasteiger partial charge in [-0.2, -0.15) is 0 Å². The molecule has 3 fully saturated rings. The van der Waals surface area contributed by atoms with Gasteiger partial charge in [0.25, 0.3) is 0 Å². The molecule has 4 atom stereocenters. The highest BCUT2D eigenvalue weighted by molar-refractivity contribution is 6.45. The SMILES string of the molecule is C1CCC2C3=NC4CCCCC4N=C3CC2C1. The lowest BCUT2D eigenvalue weighted by Crippen LogP contribution is -2.35. The van der Waals surface area contributed by atoms with Crippen LogP contribution in [-0.2, 0) is 0 Å². The molecule has 0 amide bonds. The number of fused-ring (bicyclic) bond motifs is 4. The number of aliphatic imine (C=N–C) groups is 2. The van der Waals surface area contributed by atoms with Gasteiger partial charge in [-0.05, 0) is 38.0 Å². The Kier molecular flexibility index (Phi) is 2.38. The number of hydrogen-bond acceptors (Lipinski definition) is 2. The Labute approximate surface area is 104 Å². The Hall–Kier alpha value is -0.660. The van der Waals surface area contributed by atoms with Crippen molar-refractivity contribution >= 4 is 11.4 Å². The van der Waals surface area contributed by atoms with Gasteiger partial charge in [0, 0.05) is 5.92 Å². The third-order valence-electron chi connectivity index (χ3n) is 5.33. The highest BCUT2D eigenvalue weighted by Gasteiger charge is 2.42. The average Bonchev–Trinajstić information content (AvgIpc) is 2.73. The predicted molar refractivity (Wildman–Crippen MR) is 71.0 cm³/mol. The third-order valence-corrected chi connectivity index (χ3v) is 5.33. The molecule has 0 aromatic rings. The van der Waals surface area contributed by atoms with Crippen molar-refractivity contribution in [2.75, 3.05) is 0 Å². The lowest BCUT2D eigenvalue weighted by atomic mass is 9.81. The van der Waals surface area contributed by atoms with Gasteiger partial charge in [0.2, 0.25) is 0 Å². The summed E-state index contributed by atoms with van der Waals surface area (Å²) in [6.45, 7) is 0. The summed E-state index contributed by atoms with van der Waals surface area (Å²) >= 11 is 0. The second-order valence-corrected chi connectivity index (χ2v) is 6.36. The van der Waals surface area contributed by atoms with Gasteiger partial charge in [0.05, 0.1) is 23.5 Å². The summed E-state index contributed by atoms with van der Waals surface area (Å²) in [5.74, 6) is 1.70. The second-order valence-electron chi connectivity index (χ2n) is 6.36. The van der Waals surface area contributed by atoms with E-state index in [4.69, 9.17) is 9.98 Å². The number of hydrogen-bond donors (Lipinski definition) is 0. The Morgan fingerprint density at radius 3 is 2.35 bits per heavy atom. The molecule has 4 unspecified atom stereocenters. The molecule has 0 N–H and O–H groups in total. The lowest BCUT2D eigenvalue weighted by Gasteiger charge is -2.31. The fourth-order valence-electron chi connectivity index (χ4n) is 4.44. The molecular formula is C15H22N2. The molecule has 1 heterocycles. The van der Waals surface area contributed by atoms with Crippen molar-refractivity contribution < 1.29 is 0 Å². The maximum atomic E-state index is 5.14. The van der Waals surface area contributed by atoms with Crippen LogP contribution in [0.1, 0.15) is 57.8 Å². The van der Waals surface area contributed by atoms with E-state index in [0.717, 1.165) is 11.8 Å². The Morgan fingerprint density at radius 1 is 0.765 bits per heavy atom.